The number of nitrogens with zero attached hydrogens (tertiary/aromatic N) is 1. The van der Waals surface area contributed by atoms with Gasteiger partial charge in [0.15, 0.2) is 0 Å². The van der Waals surface area contributed by atoms with Crippen LogP contribution in [0.2, 0.25) is 0 Å². The fourth-order valence-electron chi connectivity index (χ4n) is 3.38. The van der Waals surface area contributed by atoms with Crippen molar-refractivity contribution in [3.8, 4) is 0 Å². The van der Waals surface area contributed by atoms with E-state index in [4.69, 9.17) is 23.6 Å². The number of halogens is 1. The molecule has 4 aromatic rings. The van der Waals surface area contributed by atoms with E-state index in [9.17, 15) is 0 Å². The van der Waals surface area contributed by atoms with Gasteiger partial charge in [-0.1, -0.05) is 145 Å². The second kappa shape index (κ2) is 9.56. The van der Waals surface area contributed by atoms with E-state index in [1.807, 2.05) is 24.3 Å². The Morgan fingerprint density at radius 3 is 0.833 bits per heavy atom. The van der Waals surface area contributed by atoms with Gasteiger partial charge < -0.3 is 0 Å². The van der Waals surface area contributed by atoms with Crippen LogP contribution < -0.4 is 21.2 Å². The van der Waals surface area contributed by atoms with Crippen LogP contribution in [-0.4, -0.2) is 2.65 Å². The molecule has 6 heteroatoms. The summed E-state index contributed by atoms with van der Waals surface area (Å²) in [5, 5.41) is 4.62. The van der Waals surface area contributed by atoms with Crippen LogP contribution in [0.5, 0.6) is 0 Å². The molecular weight excluding hydrogens is 555 g/mol. The Bertz CT molecular complexity index is 1020. The first-order valence-corrected chi connectivity index (χ1v) is 15.9. The highest BCUT2D eigenvalue weighted by atomic mass is 127. The molecule has 0 bridgehead atoms. The minimum atomic E-state index is -2.37. The normalized spacial score (nSPS) is 12.1. The third-order valence-corrected chi connectivity index (χ3v) is 21.3. The molecule has 0 fully saturated rings. The maximum Gasteiger partial charge on any atom is 0.0843 e. The van der Waals surface area contributed by atoms with Crippen molar-refractivity contribution in [3.63, 3.8) is 0 Å². The van der Waals surface area contributed by atoms with E-state index in [0.717, 1.165) is 21.2 Å². The molecular formula is C24H20INP2S2. The lowest BCUT2D eigenvalue weighted by atomic mass is 10.4. The maximum atomic E-state index is 6.60. The molecule has 0 aliphatic rings. The lowest BCUT2D eigenvalue weighted by Gasteiger charge is -2.39. The van der Waals surface area contributed by atoms with Crippen molar-refractivity contribution >= 4 is 80.1 Å². The van der Waals surface area contributed by atoms with Gasteiger partial charge in [0.05, 0.1) is 12.4 Å². The molecule has 0 saturated heterocycles. The van der Waals surface area contributed by atoms with Crippen molar-refractivity contribution in [1.82, 2.24) is 2.65 Å². The summed E-state index contributed by atoms with van der Waals surface area (Å²) < 4.78 is 2.34. The summed E-state index contributed by atoms with van der Waals surface area (Å²) >= 11 is 15.6. The zero-order chi connectivity index (χ0) is 21.0. The van der Waals surface area contributed by atoms with Gasteiger partial charge in [0, 0.05) is 44.1 Å². The Hall–Kier alpha value is -1.13. The Labute approximate surface area is 202 Å². The Morgan fingerprint density at radius 2 is 0.633 bits per heavy atom. The van der Waals surface area contributed by atoms with Crippen molar-refractivity contribution in [2.75, 3.05) is 0 Å². The van der Waals surface area contributed by atoms with E-state index in [1.165, 1.54) is 0 Å². The quantitative estimate of drug-likeness (QED) is 0.164. The Morgan fingerprint density at radius 1 is 0.433 bits per heavy atom. The SMILES string of the molecule is S=P(c1ccccc1)(c1ccccc1)N(I)P(=S)(c1ccccc1)c1ccccc1. The monoisotopic (exact) mass is 575 g/mol. The minimum absolute atomic E-state index is 1.15. The molecule has 4 rings (SSSR count). The zero-order valence-electron chi connectivity index (χ0n) is 16.1. The van der Waals surface area contributed by atoms with Crippen molar-refractivity contribution in [2.24, 2.45) is 0 Å². The highest BCUT2D eigenvalue weighted by Gasteiger charge is 2.39. The van der Waals surface area contributed by atoms with Crippen LogP contribution in [0, 0.1) is 0 Å². The van der Waals surface area contributed by atoms with Crippen LogP contribution in [0.15, 0.2) is 121 Å². The highest BCUT2D eigenvalue weighted by molar-refractivity contribution is 14.1. The first-order chi connectivity index (χ1) is 14.6. The summed E-state index contributed by atoms with van der Waals surface area (Å²) in [7, 11) is 0. The predicted molar refractivity (Wildman–Crippen MR) is 149 cm³/mol. The van der Waals surface area contributed by atoms with E-state index in [0.29, 0.717) is 0 Å². The summed E-state index contributed by atoms with van der Waals surface area (Å²) in [6.07, 6.45) is -4.74. The van der Waals surface area contributed by atoms with Crippen LogP contribution >= 0.6 is 35.2 Å². The number of benzene rings is 4. The smallest absolute Gasteiger partial charge is 0.0843 e. The average Bonchev–Trinajstić information content (AvgIpc) is 2.84. The molecule has 0 radical (unpaired) electrons. The molecule has 1 nitrogen and oxygen atoms in total. The van der Waals surface area contributed by atoms with Gasteiger partial charge in [-0.25, -0.2) is 0 Å². The first kappa shape index (κ1) is 22.1. The lowest BCUT2D eigenvalue weighted by molar-refractivity contribution is 1.31. The lowest BCUT2D eigenvalue weighted by Crippen LogP contribution is -2.31. The van der Waals surface area contributed by atoms with Crippen molar-refractivity contribution in [3.05, 3.63) is 121 Å². The Balaban J connectivity index is 2.01. The first-order valence-electron chi connectivity index (χ1n) is 9.47. The van der Waals surface area contributed by atoms with Crippen LogP contribution in [0.4, 0.5) is 0 Å². The van der Waals surface area contributed by atoms with E-state index < -0.39 is 12.4 Å². The van der Waals surface area contributed by atoms with Crippen molar-refractivity contribution in [1.29, 1.82) is 0 Å². The fourth-order valence-corrected chi connectivity index (χ4v) is 16.5. The molecule has 0 atom stereocenters. The topological polar surface area (TPSA) is 3.24 Å². The summed E-state index contributed by atoms with van der Waals surface area (Å²) in [5.74, 6) is 0. The van der Waals surface area contributed by atoms with Gasteiger partial charge >= 0.3 is 0 Å². The molecule has 0 heterocycles. The standard InChI is InChI=1S/C24H20INP2S2/c25-26(27(29,21-13-5-1-6-14-21)22-15-7-2-8-16-22)28(30,23-17-9-3-10-18-23)24-19-11-4-12-20-24/h1-20H. The van der Waals surface area contributed by atoms with Gasteiger partial charge in [-0.2, -0.15) is 2.65 Å². The second-order valence-corrected chi connectivity index (χ2v) is 17.9. The molecule has 0 aromatic heterocycles. The average molecular weight is 575 g/mol. The molecule has 0 saturated carbocycles. The van der Waals surface area contributed by atoms with Gasteiger partial charge in [-0.15, -0.1) is 0 Å². The number of hydrogen-bond acceptors (Lipinski definition) is 2. The largest absolute Gasteiger partial charge is 0.170 e. The predicted octanol–water partition coefficient (Wildman–Crippen LogP) is 5.73. The number of hydrogen-bond donors (Lipinski definition) is 0. The van der Waals surface area contributed by atoms with E-state index >= 15 is 0 Å². The van der Waals surface area contributed by atoms with Crippen LogP contribution in [-0.2, 0) is 23.6 Å². The maximum absolute atomic E-state index is 6.60. The summed E-state index contributed by atoms with van der Waals surface area (Å²) in [4.78, 5) is 0. The molecule has 4 aromatic carbocycles. The van der Waals surface area contributed by atoms with Gasteiger partial charge in [-0.3, -0.25) is 0 Å². The van der Waals surface area contributed by atoms with Gasteiger partial charge in [-0.05, 0) is 0 Å². The molecule has 30 heavy (non-hydrogen) atoms. The Kier molecular flexibility index (Phi) is 7.04. The van der Waals surface area contributed by atoms with E-state index in [-0.39, 0.29) is 0 Å². The second-order valence-electron chi connectivity index (χ2n) is 6.73. The van der Waals surface area contributed by atoms with Gasteiger partial charge in [0.2, 0.25) is 0 Å². The van der Waals surface area contributed by atoms with Gasteiger partial charge in [0.25, 0.3) is 0 Å². The third-order valence-electron chi connectivity index (χ3n) is 4.89. The van der Waals surface area contributed by atoms with Crippen molar-refractivity contribution in [2.45, 2.75) is 0 Å². The molecule has 0 unspecified atom stereocenters. The summed E-state index contributed by atoms with van der Waals surface area (Å²) in [6.45, 7) is 0. The molecule has 0 aliphatic heterocycles. The van der Waals surface area contributed by atoms with E-state index in [2.05, 4.69) is 123 Å². The van der Waals surface area contributed by atoms with Gasteiger partial charge in [0.1, 0.15) is 0 Å². The third kappa shape index (κ3) is 4.02. The molecule has 0 N–H and O–H groups in total. The molecule has 0 amide bonds. The minimum Gasteiger partial charge on any atom is -0.170 e. The molecule has 150 valence electrons. The summed E-state index contributed by atoms with van der Waals surface area (Å²) in [5.41, 5.74) is 0. The molecule has 0 spiro atoms. The van der Waals surface area contributed by atoms with Crippen molar-refractivity contribution < 1.29 is 0 Å². The van der Waals surface area contributed by atoms with Crippen LogP contribution in [0.1, 0.15) is 0 Å². The number of rotatable bonds is 6. The zero-order valence-corrected chi connectivity index (χ0v) is 21.7. The van der Waals surface area contributed by atoms with Crippen LogP contribution in [0.25, 0.3) is 0 Å². The molecule has 0 aliphatic carbocycles. The fraction of sp³-hybridized carbons (Fsp3) is 0. The highest BCUT2D eigenvalue weighted by Crippen LogP contribution is 2.66. The summed E-state index contributed by atoms with van der Waals surface area (Å²) in [6, 6.07) is 41.9. The van der Waals surface area contributed by atoms with E-state index in [1.54, 1.807) is 0 Å². The van der Waals surface area contributed by atoms with Crippen LogP contribution in [0.3, 0.4) is 0 Å².